The zero-order chi connectivity index (χ0) is 21.5. The molecule has 1 fully saturated rings. The molecule has 1 unspecified atom stereocenters. The predicted octanol–water partition coefficient (Wildman–Crippen LogP) is 3.20. The van der Waals surface area contributed by atoms with Crippen LogP contribution in [0.3, 0.4) is 0 Å². The molecule has 1 aliphatic heterocycles. The Hall–Kier alpha value is -3.22. The molecule has 2 aromatic rings. The topological polar surface area (TPSA) is 78.5 Å². The summed E-state index contributed by atoms with van der Waals surface area (Å²) in [7, 11) is 0. The molecule has 2 N–H and O–H groups in total. The summed E-state index contributed by atoms with van der Waals surface area (Å²) in [6, 6.07) is 13.0. The van der Waals surface area contributed by atoms with Crippen molar-refractivity contribution in [2.45, 2.75) is 38.6 Å². The molecule has 1 aliphatic rings. The number of benzene rings is 2. The van der Waals surface area contributed by atoms with E-state index in [-0.39, 0.29) is 36.7 Å². The Balaban J connectivity index is 1.56. The quantitative estimate of drug-likeness (QED) is 0.735. The van der Waals surface area contributed by atoms with Gasteiger partial charge in [0, 0.05) is 18.7 Å². The van der Waals surface area contributed by atoms with Crippen LogP contribution in [-0.2, 0) is 20.8 Å². The highest BCUT2D eigenvalue weighted by molar-refractivity contribution is 5.92. The third-order valence-electron chi connectivity index (χ3n) is 5.11. The van der Waals surface area contributed by atoms with Gasteiger partial charge in [-0.05, 0) is 49.1 Å². The van der Waals surface area contributed by atoms with Gasteiger partial charge in [-0.1, -0.05) is 30.3 Å². The summed E-state index contributed by atoms with van der Waals surface area (Å²) in [4.78, 5) is 38.0. The van der Waals surface area contributed by atoms with Crippen LogP contribution in [0.1, 0.15) is 43.4 Å². The summed E-state index contributed by atoms with van der Waals surface area (Å²) in [5.74, 6) is -0.933. The maximum Gasteiger partial charge on any atom is 0.240 e. The number of nitrogens with one attached hydrogen (secondary N) is 2. The highest BCUT2D eigenvalue weighted by atomic mass is 19.1. The van der Waals surface area contributed by atoms with E-state index in [2.05, 4.69) is 10.6 Å². The zero-order valence-electron chi connectivity index (χ0n) is 17.0. The fourth-order valence-electron chi connectivity index (χ4n) is 3.48. The molecule has 7 heteroatoms. The number of likely N-dealkylation sites (tertiary alicyclic amines) is 1. The van der Waals surface area contributed by atoms with Crippen LogP contribution in [0.25, 0.3) is 0 Å². The lowest BCUT2D eigenvalue weighted by Gasteiger charge is -2.26. The number of halogens is 1. The molecule has 1 heterocycles. The number of hydrogen-bond donors (Lipinski definition) is 2. The number of piperidine rings is 1. The lowest BCUT2D eigenvalue weighted by molar-refractivity contribution is -0.138. The van der Waals surface area contributed by atoms with E-state index in [0.717, 1.165) is 18.4 Å². The van der Waals surface area contributed by atoms with E-state index < -0.39 is 5.82 Å². The molecule has 0 aromatic heterocycles. The van der Waals surface area contributed by atoms with E-state index in [0.29, 0.717) is 24.2 Å². The van der Waals surface area contributed by atoms with E-state index in [9.17, 15) is 18.8 Å². The molecule has 158 valence electrons. The van der Waals surface area contributed by atoms with Crippen LogP contribution < -0.4 is 10.6 Å². The van der Waals surface area contributed by atoms with Crippen LogP contribution in [0.4, 0.5) is 10.1 Å². The van der Waals surface area contributed by atoms with Gasteiger partial charge in [-0.15, -0.1) is 0 Å². The van der Waals surface area contributed by atoms with Crippen molar-refractivity contribution in [3.63, 3.8) is 0 Å². The van der Waals surface area contributed by atoms with Crippen molar-refractivity contribution in [3.05, 3.63) is 65.5 Å². The van der Waals surface area contributed by atoms with Crippen molar-refractivity contribution < 1.29 is 18.8 Å². The molecule has 3 rings (SSSR count). The van der Waals surface area contributed by atoms with E-state index in [1.807, 2.05) is 13.0 Å². The lowest BCUT2D eigenvalue weighted by Crippen LogP contribution is -2.43. The van der Waals surface area contributed by atoms with Crippen molar-refractivity contribution in [3.8, 4) is 0 Å². The van der Waals surface area contributed by atoms with E-state index in [4.69, 9.17) is 0 Å². The number of carbonyl (C=O) groups is 3. The fourth-order valence-corrected chi connectivity index (χ4v) is 3.48. The van der Waals surface area contributed by atoms with Gasteiger partial charge in [-0.25, -0.2) is 4.39 Å². The molecule has 6 nitrogen and oxygen atoms in total. The Morgan fingerprint density at radius 2 is 1.90 bits per heavy atom. The number of nitrogens with zero attached hydrogens (tertiary/aromatic N) is 1. The first kappa shape index (κ1) is 21.5. The first-order chi connectivity index (χ1) is 14.4. The molecule has 0 bridgehead atoms. The first-order valence-corrected chi connectivity index (χ1v) is 10.1. The third-order valence-corrected chi connectivity index (χ3v) is 5.11. The van der Waals surface area contributed by atoms with Crippen molar-refractivity contribution in [2.24, 2.45) is 0 Å². The zero-order valence-corrected chi connectivity index (χ0v) is 17.0. The minimum Gasteiger partial charge on any atom is -0.348 e. The Morgan fingerprint density at radius 1 is 1.10 bits per heavy atom. The van der Waals surface area contributed by atoms with Crippen molar-refractivity contribution >= 4 is 23.4 Å². The first-order valence-electron chi connectivity index (χ1n) is 10.1. The summed E-state index contributed by atoms with van der Waals surface area (Å²) < 4.78 is 13.7. The maximum atomic E-state index is 13.7. The van der Waals surface area contributed by atoms with Crippen molar-refractivity contribution in [1.82, 2.24) is 10.2 Å². The SMILES string of the molecule is CC(NC(=O)CN1CCCCC1=O)c1cccc(NC(=O)Cc2ccccc2F)c1. The molecule has 0 aliphatic carbocycles. The van der Waals surface area contributed by atoms with Gasteiger partial charge in [0.15, 0.2) is 0 Å². The Kier molecular flexibility index (Phi) is 7.17. The van der Waals surface area contributed by atoms with E-state index >= 15 is 0 Å². The highest BCUT2D eigenvalue weighted by Crippen LogP contribution is 2.18. The molecule has 1 saturated heterocycles. The van der Waals surface area contributed by atoms with Gasteiger partial charge in [-0.2, -0.15) is 0 Å². The summed E-state index contributed by atoms with van der Waals surface area (Å²) >= 11 is 0. The summed E-state index contributed by atoms with van der Waals surface area (Å²) in [5.41, 5.74) is 1.72. The average molecular weight is 411 g/mol. The minimum atomic E-state index is -0.412. The van der Waals surface area contributed by atoms with E-state index in [1.165, 1.54) is 6.07 Å². The van der Waals surface area contributed by atoms with Gasteiger partial charge >= 0.3 is 0 Å². The van der Waals surface area contributed by atoms with Crippen LogP contribution in [-0.4, -0.2) is 35.7 Å². The molecular formula is C23H26FN3O3. The molecular weight excluding hydrogens is 385 g/mol. The number of rotatable bonds is 7. The van der Waals surface area contributed by atoms with E-state index in [1.54, 1.807) is 41.3 Å². The van der Waals surface area contributed by atoms with Crippen LogP contribution in [0.5, 0.6) is 0 Å². The van der Waals surface area contributed by atoms with Crippen LogP contribution >= 0.6 is 0 Å². The monoisotopic (exact) mass is 411 g/mol. The lowest BCUT2D eigenvalue weighted by atomic mass is 10.1. The van der Waals surface area contributed by atoms with Gasteiger partial charge in [0.1, 0.15) is 5.82 Å². The molecule has 0 spiro atoms. The highest BCUT2D eigenvalue weighted by Gasteiger charge is 2.21. The van der Waals surface area contributed by atoms with Gasteiger partial charge < -0.3 is 15.5 Å². The average Bonchev–Trinajstić information content (AvgIpc) is 2.71. The minimum absolute atomic E-state index is 0.0172. The maximum absolute atomic E-state index is 13.7. The molecule has 0 radical (unpaired) electrons. The number of hydrogen-bond acceptors (Lipinski definition) is 3. The largest absolute Gasteiger partial charge is 0.348 e. The Labute approximate surface area is 175 Å². The number of anilines is 1. The Bertz CT molecular complexity index is 931. The normalized spacial score (nSPS) is 14.9. The summed E-state index contributed by atoms with van der Waals surface area (Å²) in [5, 5.41) is 5.66. The second-order valence-corrected chi connectivity index (χ2v) is 7.50. The number of amides is 3. The Morgan fingerprint density at radius 3 is 2.67 bits per heavy atom. The van der Waals surface area contributed by atoms with Crippen molar-refractivity contribution in [1.29, 1.82) is 0 Å². The van der Waals surface area contributed by atoms with Crippen LogP contribution in [0.2, 0.25) is 0 Å². The number of carbonyl (C=O) groups excluding carboxylic acids is 3. The fraction of sp³-hybridized carbons (Fsp3) is 0.348. The summed E-state index contributed by atoms with van der Waals surface area (Å²) in [6.07, 6.45) is 2.23. The van der Waals surface area contributed by atoms with Crippen LogP contribution in [0.15, 0.2) is 48.5 Å². The van der Waals surface area contributed by atoms with Crippen molar-refractivity contribution in [2.75, 3.05) is 18.4 Å². The second kappa shape index (κ2) is 10.0. The van der Waals surface area contributed by atoms with Gasteiger partial charge in [0.25, 0.3) is 0 Å². The van der Waals surface area contributed by atoms with Crippen LogP contribution in [0, 0.1) is 5.82 Å². The molecule has 30 heavy (non-hydrogen) atoms. The predicted molar refractivity (Wildman–Crippen MR) is 112 cm³/mol. The third kappa shape index (κ3) is 5.89. The smallest absolute Gasteiger partial charge is 0.240 e. The molecule has 0 saturated carbocycles. The second-order valence-electron chi connectivity index (χ2n) is 7.50. The summed E-state index contributed by atoms with van der Waals surface area (Å²) in [6.45, 7) is 2.52. The van der Waals surface area contributed by atoms with Gasteiger partial charge in [-0.3, -0.25) is 14.4 Å². The molecule has 3 amide bonds. The standard InChI is InChI=1S/C23H26FN3O3/c1-16(25-22(29)15-27-12-5-4-11-23(27)30)17-8-6-9-19(13-17)26-21(28)14-18-7-2-3-10-20(18)24/h2-3,6-10,13,16H,4-5,11-12,14-15H2,1H3,(H,25,29)(H,26,28). The van der Waals surface area contributed by atoms with Gasteiger partial charge in [0.2, 0.25) is 17.7 Å². The molecule has 1 atom stereocenters. The molecule has 2 aromatic carbocycles. The van der Waals surface area contributed by atoms with Gasteiger partial charge in [0.05, 0.1) is 19.0 Å².